The minimum Gasteiger partial charge on any atom is -0.468 e. The zero-order valence-corrected chi connectivity index (χ0v) is 12.3. The van der Waals surface area contributed by atoms with E-state index in [4.69, 9.17) is 4.42 Å². The molecule has 1 amide bonds. The van der Waals surface area contributed by atoms with E-state index in [2.05, 4.69) is 10.0 Å². The number of rotatable bonds is 6. The predicted octanol–water partition coefficient (Wildman–Crippen LogP) is 1.39. The van der Waals surface area contributed by atoms with Crippen LogP contribution in [0.15, 0.2) is 52.0 Å². The summed E-state index contributed by atoms with van der Waals surface area (Å²) in [7, 11) is -3.58. The van der Waals surface area contributed by atoms with E-state index >= 15 is 0 Å². The van der Waals surface area contributed by atoms with Gasteiger partial charge in [-0.15, -0.1) is 0 Å². The van der Waals surface area contributed by atoms with Crippen molar-refractivity contribution in [3.63, 3.8) is 0 Å². The Bertz CT molecular complexity index is 691. The molecule has 0 fully saturated rings. The summed E-state index contributed by atoms with van der Waals surface area (Å²) in [6, 6.07) is 9.72. The van der Waals surface area contributed by atoms with Crippen molar-refractivity contribution in [1.29, 1.82) is 0 Å². The van der Waals surface area contributed by atoms with Crippen molar-refractivity contribution in [2.45, 2.75) is 24.9 Å². The number of carbonyl (C=O) groups excluding carboxylic acids is 1. The average molecular weight is 308 g/mol. The number of nitrogens with one attached hydrogen (secondary N) is 2. The monoisotopic (exact) mass is 308 g/mol. The van der Waals surface area contributed by atoms with Crippen molar-refractivity contribution in [3.8, 4) is 0 Å². The SMILES string of the molecule is CC(=O)NCc1ccc(S(=O)(=O)NCc2ccco2)cc1. The molecule has 2 N–H and O–H groups in total. The van der Waals surface area contributed by atoms with Crippen LogP contribution in [-0.2, 0) is 27.9 Å². The van der Waals surface area contributed by atoms with Crippen LogP contribution in [0.25, 0.3) is 0 Å². The lowest BCUT2D eigenvalue weighted by atomic mass is 10.2. The van der Waals surface area contributed by atoms with Crippen LogP contribution in [-0.4, -0.2) is 14.3 Å². The maximum absolute atomic E-state index is 12.1. The standard InChI is InChI=1S/C14H16N2O4S/c1-11(17)15-9-12-4-6-14(7-5-12)21(18,19)16-10-13-3-2-8-20-13/h2-8,16H,9-10H2,1H3,(H,15,17). The first-order valence-electron chi connectivity index (χ1n) is 6.33. The van der Waals surface area contributed by atoms with Gasteiger partial charge in [0.1, 0.15) is 5.76 Å². The Kier molecular flexibility index (Phi) is 4.77. The Labute approximate surface area is 123 Å². The third-order valence-corrected chi connectivity index (χ3v) is 4.21. The molecule has 0 unspecified atom stereocenters. The second-order valence-corrected chi connectivity index (χ2v) is 6.22. The molecule has 0 bridgehead atoms. The van der Waals surface area contributed by atoms with Gasteiger partial charge in [0, 0.05) is 13.5 Å². The summed E-state index contributed by atoms with van der Waals surface area (Å²) < 4.78 is 31.7. The van der Waals surface area contributed by atoms with Crippen LogP contribution in [0.3, 0.4) is 0 Å². The summed E-state index contributed by atoms with van der Waals surface area (Å²) in [5.41, 5.74) is 0.829. The van der Waals surface area contributed by atoms with Crippen LogP contribution in [0.1, 0.15) is 18.2 Å². The number of furan rings is 1. The molecular weight excluding hydrogens is 292 g/mol. The first kappa shape index (κ1) is 15.3. The van der Waals surface area contributed by atoms with Crippen molar-refractivity contribution in [2.24, 2.45) is 0 Å². The Morgan fingerprint density at radius 2 is 1.86 bits per heavy atom. The van der Waals surface area contributed by atoms with Crippen molar-refractivity contribution in [3.05, 3.63) is 54.0 Å². The highest BCUT2D eigenvalue weighted by molar-refractivity contribution is 7.89. The van der Waals surface area contributed by atoms with Gasteiger partial charge >= 0.3 is 0 Å². The Morgan fingerprint density at radius 3 is 2.43 bits per heavy atom. The molecule has 1 aromatic carbocycles. The number of carbonyl (C=O) groups is 1. The summed E-state index contributed by atoms with van der Waals surface area (Å²) in [6.07, 6.45) is 1.49. The lowest BCUT2D eigenvalue weighted by Gasteiger charge is -2.07. The summed E-state index contributed by atoms with van der Waals surface area (Å²) in [5, 5.41) is 2.65. The summed E-state index contributed by atoms with van der Waals surface area (Å²) in [6.45, 7) is 1.90. The molecule has 2 aromatic rings. The number of benzene rings is 1. The Hall–Kier alpha value is -2.12. The molecule has 2 rings (SSSR count). The lowest BCUT2D eigenvalue weighted by molar-refractivity contribution is -0.119. The molecule has 0 aliphatic carbocycles. The highest BCUT2D eigenvalue weighted by Gasteiger charge is 2.14. The molecule has 112 valence electrons. The zero-order chi connectivity index (χ0) is 15.3. The summed E-state index contributed by atoms with van der Waals surface area (Å²) in [4.78, 5) is 11.0. The number of hydrogen-bond acceptors (Lipinski definition) is 4. The van der Waals surface area contributed by atoms with Crippen molar-refractivity contribution >= 4 is 15.9 Å². The highest BCUT2D eigenvalue weighted by atomic mass is 32.2. The van der Waals surface area contributed by atoms with E-state index in [9.17, 15) is 13.2 Å². The average Bonchev–Trinajstić information content (AvgIpc) is 2.97. The van der Waals surface area contributed by atoms with Gasteiger partial charge in [0.15, 0.2) is 0 Å². The molecule has 1 heterocycles. The van der Waals surface area contributed by atoms with E-state index in [1.54, 1.807) is 24.3 Å². The minimum absolute atomic E-state index is 0.100. The lowest BCUT2D eigenvalue weighted by Crippen LogP contribution is -2.23. The van der Waals surface area contributed by atoms with E-state index in [0.29, 0.717) is 12.3 Å². The fourth-order valence-electron chi connectivity index (χ4n) is 1.68. The molecule has 0 aliphatic heterocycles. The molecule has 0 spiro atoms. The van der Waals surface area contributed by atoms with E-state index in [1.165, 1.54) is 25.3 Å². The molecular formula is C14H16N2O4S. The fourth-order valence-corrected chi connectivity index (χ4v) is 2.67. The second-order valence-electron chi connectivity index (χ2n) is 4.46. The van der Waals surface area contributed by atoms with Crippen LogP contribution in [0.2, 0.25) is 0 Å². The summed E-state index contributed by atoms with van der Waals surface area (Å²) in [5.74, 6) is 0.410. The van der Waals surface area contributed by atoms with Gasteiger partial charge in [-0.2, -0.15) is 0 Å². The van der Waals surface area contributed by atoms with Crippen molar-refractivity contribution in [1.82, 2.24) is 10.0 Å². The van der Waals surface area contributed by atoms with Gasteiger partial charge in [-0.1, -0.05) is 12.1 Å². The van der Waals surface area contributed by atoms with Gasteiger partial charge < -0.3 is 9.73 Å². The van der Waals surface area contributed by atoms with Crippen molar-refractivity contribution in [2.75, 3.05) is 0 Å². The second kappa shape index (κ2) is 6.55. The van der Waals surface area contributed by atoms with Gasteiger partial charge in [-0.3, -0.25) is 4.79 Å². The van der Waals surface area contributed by atoms with Crippen LogP contribution in [0.4, 0.5) is 0 Å². The van der Waals surface area contributed by atoms with Gasteiger partial charge in [0.25, 0.3) is 0 Å². The molecule has 0 saturated heterocycles. The van der Waals surface area contributed by atoms with Crippen LogP contribution in [0, 0.1) is 0 Å². The molecule has 0 saturated carbocycles. The third-order valence-electron chi connectivity index (χ3n) is 2.79. The smallest absolute Gasteiger partial charge is 0.240 e. The molecule has 6 nitrogen and oxygen atoms in total. The third kappa shape index (κ3) is 4.44. The summed E-state index contributed by atoms with van der Waals surface area (Å²) >= 11 is 0. The largest absolute Gasteiger partial charge is 0.468 e. The normalized spacial score (nSPS) is 11.3. The molecule has 0 atom stereocenters. The molecule has 1 aromatic heterocycles. The van der Waals surface area contributed by atoms with Gasteiger partial charge in [-0.05, 0) is 29.8 Å². The zero-order valence-electron chi connectivity index (χ0n) is 11.5. The molecule has 7 heteroatoms. The molecule has 0 radical (unpaired) electrons. The first-order chi connectivity index (χ1) is 9.97. The maximum Gasteiger partial charge on any atom is 0.240 e. The number of hydrogen-bond donors (Lipinski definition) is 2. The van der Waals surface area contributed by atoms with E-state index < -0.39 is 10.0 Å². The molecule has 0 aliphatic rings. The van der Waals surface area contributed by atoms with E-state index in [0.717, 1.165) is 5.56 Å². The van der Waals surface area contributed by atoms with Crippen molar-refractivity contribution < 1.29 is 17.6 Å². The minimum atomic E-state index is -3.58. The van der Waals surface area contributed by atoms with E-state index in [-0.39, 0.29) is 17.3 Å². The Balaban J connectivity index is 2.01. The maximum atomic E-state index is 12.1. The molecule has 21 heavy (non-hydrogen) atoms. The van der Waals surface area contributed by atoms with E-state index in [1.807, 2.05) is 0 Å². The van der Waals surface area contributed by atoms with Crippen LogP contribution in [0.5, 0.6) is 0 Å². The Morgan fingerprint density at radius 1 is 1.14 bits per heavy atom. The van der Waals surface area contributed by atoms with Gasteiger partial charge in [0.05, 0.1) is 17.7 Å². The fraction of sp³-hybridized carbons (Fsp3) is 0.214. The number of amides is 1. The first-order valence-corrected chi connectivity index (χ1v) is 7.81. The quantitative estimate of drug-likeness (QED) is 0.844. The van der Waals surface area contributed by atoms with Gasteiger partial charge in [0.2, 0.25) is 15.9 Å². The topological polar surface area (TPSA) is 88.4 Å². The van der Waals surface area contributed by atoms with Gasteiger partial charge in [-0.25, -0.2) is 13.1 Å². The van der Waals surface area contributed by atoms with Crippen LogP contribution >= 0.6 is 0 Å². The number of sulfonamides is 1. The predicted molar refractivity (Wildman–Crippen MR) is 76.7 cm³/mol. The highest BCUT2D eigenvalue weighted by Crippen LogP contribution is 2.11. The van der Waals surface area contributed by atoms with Crippen LogP contribution < -0.4 is 10.0 Å².